The number of rotatable bonds is 5. The van der Waals surface area contributed by atoms with E-state index >= 15 is 0 Å². The van der Waals surface area contributed by atoms with E-state index in [2.05, 4.69) is 9.71 Å². The Hall–Kier alpha value is -3.12. The van der Waals surface area contributed by atoms with Crippen LogP contribution in [0.15, 0.2) is 78.0 Å². The van der Waals surface area contributed by atoms with Crippen LogP contribution in [0.1, 0.15) is 18.1 Å². The molecule has 4 aromatic rings. The van der Waals surface area contributed by atoms with E-state index in [0.717, 1.165) is 34.5 Å². The molecule has 0 saturated heterocycles. The van der Waals surface area contributed by atoms with Crippen LogP contribution >= 0.6 is 0 Å². The minimum atomic E-state index is -3.61. The molecule has 0 spiro atoms. The van der Waals surface area contributed by atoms with Gasteiger partial charge in [0.2, 0.25) is 0 Å². The first kappa shape index (κ1) is 18.3. The maximum absolute atomic E-state index is 12.6. The van der Waals surface area contributed by atoms with E-state index in [9.17, 15) is 8.42 Å². The smallest absolute Gasteiger partial charge is 0.261 e. The van der Waals surface area contributed by atoms with Gasteiger partial charge < -0.3 is 4.40 Å². The summed E-state index contributed by atoms with van der Waals surface area (Å²) < 4.78 is 29.8. The highest BCUT2D eigenvalue weighted by Gasteiger charge is 2.14. The molecule has 0 atom stereocenters. The number of benzene rings is 2. The molecular weight excluding hydrogens is 370 g/mol. The molecule has 0 aliphatic rings. The van der Waals surface area contributed by atoms with Crippen LogP contribution < -0.4 is 4.72 Å². The molecule has 0 bridgehead atoms. The van der Waals surface area contributed by atoms with Crippen molar-refractivity contribution >= 4 is 21.4 Å². The number of aromatic nitrogens is 2. The Labute approximate surface area is 164 Å². The fourth-order valence-corrected chi connectivity index (χ4v) is 4.18. The van der Waals surface area contributed by atoms with Crippen molar-refractivity contribution in [1.82, 2.24) is 9.38 Å². The number of hydrogen-bond acceptors (Lipinski definition) is 3. The lowest BCUT2D eigenvalue weighted by Crippen LogP contribution is -2.12. The van der Waals surface area contributed by atoms with Crippen molar-refractivity contribution < 1.29 is 8.42 Å². The van der Waals surface area contributed by atoms with E-state index in [-0.39, 0.29) is 4.90 Å². The number of anilines is 1. The summed E-state index contributed by atoms with van der Waals surface area (Å²) in [5.41, 5.74) is 5.41. The summed E-state index contributed by atoms with van der Waals surface area (Å²) in [6.45, 7) is 4.06. The molecule has 2 heterocycles. The molecule has 1 N–H and O–H groups in total. The number of hydrogen-bond donors (Lipinski definition) is 1. The topological polar surface area (TPSA) is 63.5 Å². The molecule has 142 valence electrons. The van der Waals surface area contributed by atoms with Crippen LogP contribution in [-0.2, 0) is 16.4 Å². The van der Waals surface area contributed by atoms with E-state index in [1.165, 1.54) is 0 Å². The van der Waals surface area contributed by atoms with Gasteiger partial charge in [-0.15, -0.1) is 0 Å². The molecule has 0 aliphatic heterocycles. The van der Waals surface area contributed by atoms with Crippen molar-refractivity contribution in [2.24, 2.45) is 0 Å². The summed E-state index contributed by atoms with van der Waals surface area (Å²) in [5.74, 6) is 0. The van der Waals surface area contributed by atoms with Crippen molar-refractivity contribution in [2.75, 3.05) is 4.72 Å². The Bertz CT molecular complexity index is 1230. The molecule has 2 aromatic heterocycles. The first-order valence-electron chi connectivity index (χ1n) is 9.13. The summed E-state index contributed by atoms with van der Waals surface area (Å²) in [6.07, 6.45) is 4.81. The van der Waals surface area contributed by atoms with Crippen LogP contribution in [0.2, 0.25) is 0 Å². The third-order valence-electron chi connectivity index (χ3n) is 4.75. The van der Waals surface area contributed by atoms with Crippen LogP contribution in [0.4, 0.5) is 5.69 Å². The van der Waals surface area contributed by atoms with Crippen molar-refractivity contribution in [1.29, 1.82) is 0 Å². The van der Waals surface area contributed by atoms with Gasteiger partial charge >= 0.3 is 0 Å². The summed E-state index contributed by atoms with van der Waals surface area (Å²) >= 11 is 0. The number of nitrogens with zero attached hydrogens (tertiary/aromatic N) is 2. The standard InChI is InChI=1S/C22H21N3O2S/c1-3-17-6-12-20(13-7-17)28(26,27)24-19-10-8-18(9-11-19)21-15-25-14-4-5-16(2)22(25)23-21/h4-15,24H,3H2,1-2H3. The monoisotopic (exact) mass is 391 g/mol. The van der Waals surface area contributed by atoms with Crippen LogP contribution in [0.3, 0.4) is 0 Å². The average Bonchev–Trinajstić information content (AvgIpc) is 3.14. The fourth-order valence-electron chi connectivity index (χ4n) is 3.12. The minimum Gasteiger partial charge on any atom is -0.306 e. The highest BCUT2D eigenvalue weighted by Crippen LogP contribution is 2.24. The predicted octanol–water partition coefficient (Wildman–Crippen LogP) is 4.67. The summed E-state index contributed by atoms with van der Waals surface area (Å²) in [4.78, 5) is 4.93. The van der Waals surface area contributed by atoms with Crippen molar-refractivity contribution in [3.8, 4) is 11.3 Å². The Morgan fingerprint density at radius 1 is 1.00 bits per heavy atom. The van der Waals surface area contributed by atoms with E-state index in [0.29, 0.717) is 5.69 Å². The molecule has 0 saturated carbocycles. The van der Waals surface area contributed by atoms with Crippen LogP contribution in [0.5, 0.6) is 0 Å². The molecule has 6 heteroatoms. The van der Waals surface area contributed by atoms with Gasteiger partial charge in [-0.05, 0) is 54.8 Å². The Balaban J connectivity index is 1.57. The van der Waals surface area contributed by atoms with Crippen LogP contribution in [0, 0.1) is 6.92 Å². The number of sulfonamides is 1. The normalized spacial score (nSPS) is 11.6. The summed E-state index contributed by atoms with van der Waals surface area (Å²) in [7, 11) is -3.61. The number of aryl methyl sites for hydroxylation is 2. The second kappa shape index (κ2) is 7.13. The van der Waals surface area contributed by atoms with Gasteiger partial charge in [-0.2, -0.15) is 0 Å². The largest absolute Gasteiger partial charge is 0.306 e. The van der Waals surface area contributed by atoms with Gasteiger partial charge in [0.1, 0.15) is 5.65 Å². The number of fused-ring (bicyclic) bond motifs is 1. The van der Waals surface area contributed by atoms with Gasteiger partial charge in [-0.3, -0.25) is 4.72 Å². The Morgan fingerprint density at radius 2 is 1.71 bits per heavy atom. The first-order valence-corrected chi connectivity index (χ1v) is 10.6. The quantitative estimate of drug-likeness (QED) is 0.538. The third-order valence-corrected chi connectivity index (χ3v) is 6.15. The number of nitrogens with one attached hydrogen (secondary N) is 1. The molecular formula is C22H21N3O2S. The lowest BCUT2D eigenvalue weighted by atomic mass is 10.1. The van der Waals surface area contributed by atoms with Gasteiger partial charge in [-0.1, -0.05) is 37.3 Å². The van der Waals surface area contributed by atoms with Crippen molar-refractivity contribution in [2.45, 2.75) is 25.2 Å². The van der Waals surface area contributed by atoms with Crippen LogP contribution in [0.25, 0.3) is 16.9 Å². The van der Waals surface area contributed by atoms with Gasteiger partial charge in [0.15, 0.2) is 0 Å². The summed E-state index contributed by atoms with van der Waals surface area (Å²) in [6, 6.07) is 18.2. The Morgan fingerprint density at radius 3 is 2.36 bits per heavy atom. The average molecular weight is 391 g/mol. The highest BCUT2D eigenvalue weighted by atomic mass is 32.2. The summed E-state index contributed by atoms with van der Waals surface area (Å²) in [5, 5.41) is 0. The number of imidazole rings is 1. The maximum atomic E-state index is 12.6. The Kier molecular flexibility index (Phi) is 4.65. The second-order valence-electron chi connectivity index (χ2n) is 6.73. The van der Waals surface area contributed by atoms with E-state index < -0.39 is 10.0 Å². The zero-order valence-electron chi connectivity index (χ0n) is 15.8. The molecule has 0 unspecified atom stereocenters. The van der Waals surface area contributed by atoms with Gasteiger partial charge in [0.25, 0.3) is 10.0 Å². The molecule has 0 radical (unpaired) electrons. The third kappa shape index (κ3) is 3.51. The zero-order chi connectivity index (χ0) is 19.7. The molecule has 0 fully saturated rings. The lowest BCUT2D eigenvalue weighted by Gasteiger charge is -2.09. The molecule has 2 aromatic carbocycles. The van der Waals surface area contributed by atoms with Crippen molar-refractivity contribution in [3.05, 3.63) is 84.2 Å². The van der Waals surface area contributed by atoms with Gasteiger partial charge in [0.05, 0.1) is 10.6 Å². The van der Waals surface area contributed by atoms with E-state index in [1.54, 1.807) is 24.3 Å². The number of pyridine rings is 1. The van der Waals surface area contributed by atoms with Crippen molar-refractivity contribution in [3.63, 3.8) is 0 Å². The highest BCUT2D eigenvalue weighted by molar-refractivity contribution is 7.92. The minimum absolute atomic E-state index is 0.254. The SMILES string of the molecule is CCc1ccc(S(=O)(=O)Nc2ccc(-c3cn4cccc(C)c4n3)cc2)cc1. The first-order chi connectivity index (χ1) is 13.5. The molecule has 28 heavy (non-hydrogen) atoms. The van der Waals surface area contributed by atoms with E-state index in [4.69, 9.17) is 0 Å². The van der Waals surface area contributed by atoms with Crippen LogP contribution in [-0.4, -0.2) is 17.8 Å². The zero-order valence-corrected chi connectivity index (χ0v) is 16.6. The van der Waals surface area contributed by atoms with Gasteiger partial charge in [-0.25, -0.2) is 13.4 Å². The fraction of sp³-hybridized carbons (Fsp3) is 0.136. The second-order valence-corrected chi connectivity index (χ2v) is 8.41. The molecule has 4 rings (SSSR count). The molecule has 5 nitrogen and oxygen atoms in total. The maximum Gasteiger partial charge on any atom is 0.261 e. The lowest BCUT2D eigenvalue weighted by molar-refractivity contribution is 0.601. The molecule has 0 amide bonds. The van der Waals surface area contributed by atoms with Gasteiger partial charge in [0, 0.05) is 23.6 Å². The predicted molar refractivity (Wildman–Crippen MR) is 112 cm³/mol. The molecule has 0 aliphatic carbocycles. The van der Waals surface area contributed by atoms with E-state index in [1.807, 2.05) is 67.0 Å².